The van der Waals surface area contributed by atoms with E-state index in [4.69, 9.17) is 0 Å². The SMILES string of the molecule is O=C1CN(C(=O)C2CC3CCC2C3)CC(=O)N1. The summed E-state index contributed by atoms with van der Waals surface area (Å²) in [4.78, 5) is 36.2. The molecule has 1 N–H and O–H groups in total. The molecule has 5 nitrogen and oxygen atoms in total. The Labute approximate surface area is 99.5 Å². The maximum atomic E-state index is 12.3. The van der Waals surface area contributed by atoms with Gasteiger partial charge in [0.05, 0.1) is 0 Å². The predicted octanol–water partition coefficient (Wildman–Crippen LogP) is -0.0924. The fourth-order valence-electron chi connectivity index (χ4n) is 3.57. The van der Waals surface area contributed by atoms with Crippen molar-refractivity contribution in [1.29, 1.82) is 0 Å². The average Bonchev–Trinajstić information content (AvgIpc) is 2.88. The van der Waals surface area contributed by atoms with Crippen LogP contribution in [-0.2, 0) is 14.4 Å². The highest BCUT2D eigenvalue weighted by atomic mass is 16.2. The van der Waals surface area contributed by atoms with E-state index < -0.39 is 0 Å². The summed E-state index contributed by atoms with van der Waals surface area (Å²) in [5, 5.41) is 2.22. The van der Waals surface area contributed by atoms with Crippen molar-refractivity contribution in [2.45, 2.75) is 25.7 Å². The van der Waals surface area contributed by atoms with Gasteiger partial charge in [-0.25, -0.2) is 0 Å². The van der Waals surface area contributed by atoms with E-state index in [0.717, 1.165) is 19.3 Å². The molecule has 2 saturated carbocycles. The van der Waals surface area contributed by atoms with Crippen LogP contribution in [0.3, 0.4) is 0 Å². The maximum Gasteiger partial charge on any atom is 0.246 e. The summed E-state index contributed by atoms with van der Waals surface area (Å²) in [5.41, 5.74) is 0. The van der Waals surface area contributed by atoms with Gasteiger partial charge in [0.2, 0.25) is 17.7 Å². The normalized spacial score (nSPS) is 36.2. The highest BCUT2D eigenvalue weighted by Gasteiger charge is 2.45. The number of imide groups is 1. The van der Waals surface area contributed by atoms with Crippen molar-refractivity contribution in [1.82, 2.24) is 10.2 Å². The first-order valence-electron chi connectivity index (χ1n) is 6.25. The number of hydrogen-bond acceptors (Lipinski definition) is 3. The molecule has 0 radical (unpaired) electrons. The van der Waals surface area contributed by atoms with E-state index in [2.05, 4.69) is 5.32 Å². The Morgan fingerprint density at radius 3 is 2.35 bits per heavy atom. The fraction of sp³-hybridized carbons (Fsp3) is 0.750. The van der Waals surface area contributed by atoms with E-state index in [0.29, 0.717) is 11.8 Å². The molecule has 2 bridgehead atoms. The topological polar surface area (TPSA) is 66.5 Å². The largest absolute Gasteiger partial charge is 0.324 e. The molecule has 2 aliphatic carbocycles. The summed E-state index contributed by atoms with van der Waals surface area (Å²) in [6, 6.07) is 0. The maximum absolute atomic E-state index is 12.3. The van der Waals surface area contributed by atoms with Crippen LogP contribution in [0, 0.1) is 17.8 Å². The summed E-state index contributed by atoms with van der Waals surface area (Å²) >= 11 is 0. The molecule has 92 valence electrons. The van der Waals surface area contributed by atoms with Gasteiger partial charge in [0, 0.05) is 5.92 Å². The highest BCUT2D eigenvalue weighted by molar-refractivity contribution is 6.02. The van der Waals surface area contributed by atoms with Crippen LogP contribution >= 0.6 is 0 Å². The molecule has 0 aromatic heterocycles. The van der Waals surface area contributed by atoms with Crippen molar-refractivity contribution in [3.63, 3.8) is 0 Å². The van der Waals surface area contributed by atoms with Gasteiger partial charge in [0.1, 0.15) is 13.1 Å². The molecular weight excluding hydrogens is 220 g/mol. The molecule has 3 aliphatic rings. The lowest BCUT2D eigenvalue weighted by Crippen LogP contribution is -2.55. The second kappa shape index (κ2) is 3.82. The zero-order valence-electron chi connectivity index (χ0n) is 9.65. The predicted molar refractivity (Wildman–Crippen MR) is 58.7 cm³/mol. The Morgan fingerprint density at radius 2 is 1.82 bits per heavy atom. The van der Waals surface area contributed by atoms with E-state index >= 15 is 0 Å². The number of piperazine rings is 1. The lowest BCUT2D eigenvalue weighted by Gasteiger charge is -2.30. The fourth-order valence-corrected chi connectivity index (χ4v) is 3.57. The molecule has 1 heterocycles. The molecule has 1 aliphatic heterocycles. The number of hydrogen-bond donors (Lipinski definition) is 1. The second-order valence-electron chi connectivity index (χ2n) is 5.45. The van der Waals surface area contributed by atoms with Gasteiger partial charge in [0.15, 0.2) is 0 Å². The Balaban J connectivity index is 1.69. The molecule has 5 heteroatoms. The van der Waals surface area contributed by atoms with Gasteiger partial charge < -0.3 is 4.90 Å². The standard InChI is InChI=1S/C12H16N2O3/c15-10-5-14(6-11(16)13-10)12(17)9-4-7-1-2-8(9)3-7/h7-9H,1-6H2,(H,13,15,16). The van der Waals surface area contributed by atoms with E-state index in [1.165, 1.54) is 11.3 Å². The van der Waals surface area contributed by atoms with Crippen molar-refractivity contribution < 1.29 is 14.4 Å². The monoisotopic (exact) mass is 236 g/mol. The summed E-state index contributed by atoms with van der Waals surface area (Å²) in [5.74, 6) is 0.541. The Bertz CT molecular complexity index is 377. The molecule has 0 aromatic rings. The minimum absolute atomic E-state index is 0.0143. The first-order chi connectivity index (χ1) is 8.13. The second-order valence-corrected chi connectivity index (χ2v) is 5.45. The zero-order chi connectivity index (χ0) is 12.0. The average molecular weight is 236 g/mol. The van der Waals surface area contributed by atoms with Gasteiger partial charge in [0.25, 0.3) is 0 Å². The van der Waals surface area contributed by atoms with E-state index in [1.807, 2.05) is 0 Å². The number of nitrogens with zero attached hydrogens (tertiary/aromatic N) is 1. The third kappa shape index (κ3) is 1.83. The molecule has 3 unspecified atom stereocenters. The van der Waals surface area contributed by atoms with Gasteiger partial charge in [-0.2, -0.15) is 0 Å². The minimum atomic E-state index is -0.363. The Hall–Kier alpha value is -1.39. The van der Waals surface area contributed by atoms with Crippen molar-refractivity contribution in [2.75, 3.05) is 13.1 Å². The van der Waals surface area contributed by atoms with Gasteiger partial charge in [-0.3, -0.25) is 19.7 Å². The Morgan fingerprint density at radius 1 is 1.12 bits per heavy atom. The first-order valence-corrected chi connectivity index (χ1v) is 6.25. The van der Waals surface area contributed by atoms with Crippen LogP contribution in [0.5, 0.6) is 0 Å². The molecule has 0 spiro atoms. The quantitative estimate of drug-likeness (QED) is 0.647. The molecule has 3 amide bonds. The number of carbonyl (C=O) groups excluding carboxylic acids is 3. The van der Waals surface area contributed by atoms with Crippen molar-refractivity contribution in [2.24, 2.45) is 17.8 Å². The summed E-state index contributed by atoms with van der Waals surface area (Å²) in [6.07, 6.45) is 4.49. The molecule has 3 atom stereocenters. The lowest BCUT2D eigenvalue weighted by atomic mass is 9.87. The first kappa shape index (κ1) is 10.7. The van der Waals surface area contributed by atoms with Gasteiger partial charge in [-0.15, -0.1) is 0 Å². The number of amides is 3. The van der Waals surface area contributed by atoms with Gasteiger partial charge in [-0.1, -0.05) is 6.42 Å². The number of rotatable bonds is 1. The molecule has 1 saturated heterocycles. The molecular formula is C12H16N2O3. The van der Waals surface area contributed by atoms with E-state index in [9.17, 15) is 14.4 Å². The molecule has 3 rings (SSSR count). The number of nitrogens with one attached hydrogen (secondary N) is 1. The minimum Gasteiger partial charge on any atom is -0.324 e. The molecule has 17 heavy (non-hydrogen) atoms. The van der Waals surface area contributed by atoms with Crippen molar-refractivity contribution in [3.8, 4) is 0 Å². The van der Waals surface area contributed by atoms with Crippen LogP contribution in [0.2, 0.25) is 0 Å². The number of carbonyl (C=O) groups is 3. The van der Waals surface area contributed by atoms with Crippen LogP contribution in [0.4, 0.5) is 0 Å². The van der Waals surface area contributed by atoms with Gasteiger partial charge >= 0.3 is 0 Å². The van der Waals surface area contributed by atoms with Crippen molar-refractivity contribution in [3.05, 3.63) is 0 Å². The Kier molecular flexibility index (Phi) is 2.42. The van der Waals surface area contributed by atoms with Crippen LogP contribution < -0.4 is 5.32 Å². The smallest absolute Gasteiger partial charge is 0.246 e. The van der Waals surface area contributed by atoms with E-state index in [1.54, 1.807) is 0 Å². The van der Waals surface area contributed by atoms with Crippen molar-refractivity contribution >= 4 is 17.7 Å². The van der Waals surface area contributed by atoms with E-state index in [-0.39, 0.29) is 36.7 Å². The molecule has 3 fully saturated rings. The third-order valence-electron chi connectivity index (χ3n) is 4.31. The summed E-state index contributed by atoms with van der Waals surface area (Å²) < 4.78 is 0. The van der Waals surface area contributed by atoms with Gasteiger partial charge in [-0.05, 0) is 31.1 Å². The summed E-state index contributed by atoms with van der Waals surface area (Å²) in [6.45, 7) is 0.0803. The molecule has 0 aromatic carbocycles. The highest BCUT2D eigenvalue weighted by Crippen LogP contribution is 2.48. The summed E-state index contributed by atoms with van der Waals surface area (Å²) in [7, 11) is 0. The van der Waals surface area contributed by atoms with Crippen LogP contribution in [0.1, 0.15) is 25.7 Å². The van der Waals surface area contributed by atoms with Crippen LogP contribution in [0.15, 0.2) is 0 Å². The van der Waals surface area contributed by atoms with Crippen LogP contribution in [-0.4, -0.2) is 35.7 Å². The number of fused-ring (bicyclic) bond motifs is 2. The zero-order valence-corrected chi connectivity index (χ0v) is 9.65. The lowest BCUT2D eigenvalue weighted by molar-refractivity contribution is -0.148. The van der Waals surface area contributed by atoms with Crippen LogP contribution in [0.25, 0.3) is 0 Å². The third-order valence-corrected chi connectivity index (χ3v) is 4.31.